The number of rotatable bonds is 1. The zero-order valence-electron chi connectivity index (χ0n) is 9.60. The molecule has 1 aromatic carbocycles. The van der Waals surface area contributed by atoms with E-state index in [-0.39, 0.29) is 6.10 Å². The highest BCUT2D eigenvalue weighted by molar-refractivity contribution is 5.32. The Kier molecular flexibility index (Phi) is 2.70. The van der Waals surface area contributed by atoms with Crippen molar-refractivity contribution in [2.45, 2.75) is 37.8 Å². The molecule has 1 aliphatic heterocycles. The number of nitrogens with zero attached hydrogens (tertiary/aromatic N) is 1. The molecule has 0 amide bonds. The van der Waals surface area contributed by atoms with Crippen molar-refractivity contribution in [2.24, 2.45) is 0 Å². The Morgan fingerprint density at radius 2 is 1.88 bits per heavy atom. The second kappa shape index (κ2) is 4.19. The molecule has 0 spiro atoms. The molecule has 3 rings (SSSR count). The number of benzene rings is 1. The summed E-state index contributed by atoms with van der Waals surface area (Å²) in [7, 11) is 0. The number of likely N-dealkylation sites (tertiary alicyclic amines) is 1. The van der Waals surface area contributed by atoms with E-state index in [1.54, 1.807) is 0 Å². The molecular weight excluding hydrogens is 198 g/mol. The molecule has 0 bridgehead atoms. The normalized spacial score (nSPS) is 30.3. The largest absolute Gasteiger partial charge is 0.387 e. The van der Waals surface area contributed by atoms with E-state index < -0.39 is 0 Å². The van der Waals surface area contributed by atoms with Crippen molar-refractivity contribution in [3.63, 3.8) is 0 Å². The van der Waals surface area contributed by atoms with E-state index >= 15 is 0 Å². The monoisotopic (exact) mass is 217 g/mol. The molecule has 86 valence electrons. The quantitative estimate of drug-likeness (QED) is 0.779. The third kappa shape index (κ3) is 1.66. The Balaban J connectivity index is 1.85. The van der Waals surface area contributed by atoms with Gasteiger partial charge < -0.3 is 5.11 Å². The van der Waals surface area contributed by atoms with Crippen molar-refractivity contribution in [1.82, 2.24) is 4.90 Å². The fourth-order valence-electron chi connectivity index (χ4n) is 3.17. The predicted molar refractivity (Wildman–Crippen MR) is 64.3 cm³/mol. The van der Waals surface area contributed by atoms with E-state index in [0.29, 0.717) is 6.04 Å². The maximum Gasteiger partial charge on any atom is 0.0947 e. The number of aliphatic hydroxyl groups excluding tert-OH is 1. The standard InChI is InChI=1S/C14H19NO/c16-14-12-6-2-1-5-11(12)7-8-13(14)15-9-3-4-10-15/h1-2,5-6,13-14,16H,3-4,7-10H2. The van der Waals surface area contributed by atoms with E-state index in [2.05, 4.69) is 23.1 Å². The van der Waals surface area contributed by atoms with Gasteiger partial charge in [-0.2, -0.15) is 0 Å². The summed E-state index contributed by atoms with van der Waals surface area (Å²) in [6.07, 6.45) is 4.55. The highest BCUT2D eigenvalue weighted by Gasteiger charge is 2.32. The molecule has 0 radical (unpaired) electrons. The Labute approximate surface area is 96.9 Å². The summed E-state index contributed by atoms with van der Waals surface area (Å²) >= 11 is 0. The fraction of sp³-hybridized carbons (Fsp3) is 0.571. The van der Waals surface area contributed by atoms with Crippen LogP contribution in [0.4, 0.5) is 0 Å². The van der Waals surface area contributed by atoms with Crippen molar-refractivity contribution < 1.29 is 5.11 Å². The van der Waals surface area contributed by atoms with Crippen molar-refractivity contribution in [3.8, 4) is 0 Å². The summed E-state index contributed by atoms with van der Waals surface area (Å²) in [5.41, 5.74) is 2.50. The fourth-order valence-corrected chi connectivity index (χ4v) is 3.17. The van der Waals surface area contributed by atoms with Crippen molar-refractivity contribution >= 4 is 0 Å². The van der Waals surface area contributed by atoms with Gasteiger partial charge in [-0.05, 0) is 49.9 Å². The van der Waals surface area contributed by atoms with Crippen LogP contribution in [0.2, 0.25) is 0 Å². The summed E-state index contributed by atoms with van der Waals surface area (Å²) in [4.78, 5) is 2.47. The lowest BCUT2D eigenvalue weighted by atomic mass is 9.85. The second-order valence-corrected chi connectivity index (χ2v) is 4.99. The third-order valence-corrected chi connectivity index (χ3v) is 4.06. The van der Waals surface area contributed by atoms with Crippen LogP contribution in [0.1, 0.15) is 36.5 Å². The lowest BCUT2D eigenvalue weighted by Gasteiger charge is -2.36. The molecule has 1 aromatic rings. The Hall–Kier alpha value is -0.860. The molecule has 2 aliphatic rings. The van der Waals surface area contributed by atoms with Gasteiger partial charge in [0, 0.05) is 6.04 Å². The first kappa shape index (κ1) is 10.3. The summed E-state index contributed by atoms with van der Waals surface area (Å²) < 4.78 is 0. The maximum atomic E-state index is 10.4. The topological polar surface area (TPSA) is 23.5 Å². The molecule has 0 aromatic heterocycles. The van der Waals surface area contributed by atoms with Gasteiger partial charge in [0.1, 0.15) is 0 Å². The van der Waals surface area contributed by atoms with Gasteiger partial charge >= 0.3 is 0 Å². The predicted octanol–water partition coefficient (Wildman–Crippen LogP) is 2.13. The lowest BCUT2D eigenvalue weighted by molar-refractivity contribution is 0.0488. The molecule has 1 aliphatic carbocycles. The summed E-state index contributed by atoms with van der Waals surface area (Å²) in [6.45, 7) is 2.34. The minimum absolute atomic E-state index is 0.275. The highest BCUT2D eigenvalue weighted by Crippen LogP contribution is 2.34. The number of fused-ring (bicyclic) bond motifs is 1. The molecule has 1 fully saturated rings. The van der Waals surface area contributed by atoms with Crippen LogP contribution in [-0.4, -0.2) is 29.1 Å². The average Bonchev–Trinajstić information content (AvgIpc) is 2.83. The van der Waals surface area contributed by atoms with Gasteiger partial charge in [-0.3, -0.25) is 4.90 Å². The van der Waals surface area contributed by atoms with Crippen LogP contribution in [0, 0.1) is 0 Å². The first-order valence-corrected chi connectivity index (χ1v) is 6.36. The van der Waals surface area contributed by atoms with Crippen LogP contribution < -0.4 is 0 Å². The average molecular weight is 217 g/mol. The maximum absolute atomic E-state index is 10.4. The Bertz CT molecular complexity index is 371. The first-order chi connectivity index (χ1) is 7.86. The summed E-state index contributed by atoms with van der Waals surface area (Å²) in [6, 6.07) is 8.70. The zero-order chi connectivity index (χ0) is 11.0. The minimum Gasteiger partial charge on any atom is -0.387 e. The number of aryl methyl sites for hydroxylation is 1. The first-order valence-electron chi connectivity index (χ1n) is 6.36. The molecule has 2 nitrogen and oxygen atoms in total. The Morgan fingerprint density at radius 1 is 1.12 bits per heavy atom. The number of hydrogen-bond acceptors (Lipinski definition) is 2. The van der Waals surface area contributed by atoms with Gasteiger partial charge in [0.2, 0.25) is 0 Å². The number of aliphatic hydroxyl groups is 1. The van der Waals surface area contributed by atoms with Crippen LogP contribution in [0.15, 0.2) is 24.3 Å². The minimum atomic E-state index is -0.275. The van der Waals surface area contributed by atoms with E-state index in [4.69, 9.17) is 0 Å². The molecule has 2 unspecified atom stereocenters. The molecule has 2 heteroatoms. The van der Waals surface area contributed by atoms with Gasteiger partial charge in [0.05, 0.1) is 6.10 Å². The van der Waals surface area contributed by atoms with Crippen LogP contribution in [0.3, 0.4) is 0 Å². The zero-order valence-corrected chi connectivity index (χ0v) is 9.60. The molecular formula is C14H19NO. The van der Waals surface area contributed by atoms with E-state index in [0.717, 1.165) is 18.4 Å². The van der Waals surface area contributed by atoms with E-state index in [1.165, 1.54) is 31.5 Å². The third-order valence-electron chi connectivity index (χ3n) is 4.06. The number of hydrogen-bond donors (Lipinski definition) is 1. The van der Waals surface area contributed by atoms with Crippen LogP contribution in [0.5, 0.6) is 0 Å². The molecule has 1 N–H and O–H groups in total. The van der Waals surface area contributed by atoms with E-state index in [1.807, 2.05) is 6.07 Å². The molecule has 2 atom stereocenters. The second-order valence-electron chi connectivity index (χ2n) is 4.99. The SMILES string of the molecule is OC1c2ccccc2CCC1N1CCCC1. The van der Waals surface area contributed by atoms with Crippen LogP contribution in [-0.2, 0) is 6.42 Å². The highest BCUT2D eigenvalue weighted by atomic mass is 16.3. The van der Waals surface area contributed by atoms with Gasteiger partial charge in [0.25, 0.3) is 0 Å². The Morgan fingerprint density at radius 3 is 2.69 bits per heavy atom. The molecule has 16 heavy (non-hydrogen) atoms. The van der Waals surface area contributed by atoms with Gasteiger partial charge in [-0.1, -0.05) is 24.3 Å². The van der Waals surface area contributed by atoms with Crippen LogP contribution in [0.25, 0.3) is 0 Å². The molecule has 1 saturated heterocycles. The molecule has 0 saturated carbocycles. The van der Waals surface area contributed by atoms with E-state index in [9.17, 15) is 5.11 Å². The molecule has 1 heterocycles. The van der Waals surface area contributed by atoms with Crippen molar-refractivity contribution in [3.05, 3.63) is 35.4 Å². The van der Waals surface area contributed by atoms with Crippen LogP contribution >= 0.6 is 0 Å². The van der Waals surface area contributed by atoms with Gasteiger partial charge in [0.15, 0.2) is 0 Å². The van der Waals surface area contributed by atoms with Crippen molar-refractivity contribution in [2.75, 3.05) is 13.1 Å². The van der Waals surface area contributed by atoms with Gasteiger partial charge in [-0.25, -0.2) is 0 Å². The van der Waals surface area contributed by atoms with Gasteiger partial charge in [-0.15, -0.1) is 0 Å². The summed E-state index contributed by atoms with van der Waals surface area (Å²) in [5.74, 6) is 0. The lowest BCUT2D eigenvalue weighted by Crippen LogP contribution is -2.40. The van der Waals surface area contributed by atoms with Crippen molar-refractivity contribution in [1.29, 1.82) is 0 Å². The summed E-state index contributed by atoms with van der Waals surface area (Å²) in [5, 5.41) is 10.4. The smallest absolute Gasteiger partial charge is 0.0947 e.